The monoisotopic (exact) mass is 212 g/mol. The summed E-state index contributed by atoms with van der Waals surface area (Å²) in [6.07, 6.45) is 7.21. The van der Waals surface area contributed by atoms with Crippen LogP contribution < -0.4 is 5.32 Å². The minimum absolute atomic E-state index is 0.407. The van der Waals surface area contributed by atoms with Crippen molar-refractivity contribution in [3.05, 3.63) is 0 Å². The summed E-state index contributed by atoms with van der Waals surface area (Å²) < 4.78 is 0. The standard InChI is InChI=1S/C12H24N2O/c15-12(5-7-13-8-6-12)11-14-9-3-1-2-4-10-14/h13,15H,1-11H2. The second-order valence-electron chi connectivity index (χ2n) is 5.16. The molecule has 88 valence electrons. The zero-order valence-corrected chi connectivity index (χ0v) is 9.67. The summed E-state index contributed by atoms with van der Waals surface area (Å²) in [7, 11) is 0. The predicted molar refractivity (Wildman–Crippen MR) is 62.0 cm³/mol. The first kappa shape index (κ1) is 11.4. The Labute approximate surface area is 92.8 Å². The molecular weight excluding hydrogens is 188 g/mol. The Kier molecular flexibility index (Phi) is 4.00. The van der Waals surface area contributed by atoms with Crippen molar-refractivity contribution in [2.24, 2.45) is 0 Å². The van der Waals surface area contributed by atoms with Gasteiger partial charge in [0.05, 0.1) is 5.60 Å². The van der Waals surface area contributed by atoms with Crippen LogP contribution in [0.2, 0.25) is 0 Å². The normalized spacial score (nSPS) is 28.6. The molecule has 2 saturated heterocycles. The highest BCUT2D eigenvalue weighted by Gasteiger charge is 2.31. The van der Waals surface area contributed by atoms with Gasteiger partial charge < -0.3 is 15.3 Å². The first-order valence-electron chi connectivity index (χ1n) is 6.44. The third-order valence-corrected chi connectivity index (χ3v) is 3.75. The smallest absolute Gasteiger partial charge is 0.0798 e. The molecule has 0 aromatic carbocycles. The maximum Gasteiger partial charge on any atom is 0.0798 e. The number of nitrogens with one attached hydrogen (secondary N) is 1. The lowest BCUT2D eigenvalue weighted by Crippen LogP contribution is -2.49. The molecule has 2 aliphatic rings. The molecule has 0 amide bonds. The number of rotatable bonds is 2. The van der Waals surface area contributed by atoms with Gasteiger partial charge >= 0.3 is 0 Å². The molecule has 0 aromatic heterocycles. The van der Waals surface area contributed by atoms with Gasteiger partial charge in [0.15, 0.2) is 0 Å². The first-order valence-corrected chi connectivity index (χ1v) is 6.44. The summed E-state index contributed by atoms with van der Waals surface area (Å²) in [5.41, 5.74) is -0.407. The van der Waals surface area contributed by atoms with E-state index in [-0.39, 0.29) is 0 Å². The fourth-order valence-electron chi connectivity index (χ4n) is 2.76. The molecule has 0 spiro atoms. The molecular formula is C12H24N2O. The van der Waals surface area contributed by atoms with Gasteiger partial charge in [-0.3, -0.25) is 0 Å². The minimum atomic E-state index is -0.407. The summed E-state index contributed by atoms with van der Waals surface area (Å²) in [4.78, 5) is 2.47. The number of piperidine rings is 1. The van der Waals surface area contributed by atoms with E-state index in [4.69, 9.17) is 0 Å². The molecule has 3 nitrogen and oxygen atoms in total. The lowest BCUT2D eigenvalue weighted by molar-refractivity contribution is -0.0201. The third kappa shape index (κ3) is 3.44. The van der Waals surface area contributed by atoms with Crippen LogP contribution in [0.5, 0.6) is 0 Å². The van der Waals surface area contributed by atoms with Crippen LogP contribution in [0, 0.1) is 0 Å². The fraction of sp³-hybridized carbons (Fsp3) is 1.00. The minimum Gasteiger partial charge on any atom is -0.388 e. The van der Waals surface area contributed by atoms with Crippen molar-refractivity contribution in [2.45, 2.75) is 44.1 Å². The van der Waals surface area contributed by atoms with E-state index in [1.54, 1.807) is 0 Å². The SMILES string of the molecule is OC1(CN2CCCCCC2)CCNCC1. The maximum atomic E-state index is 10.4. The van der Waals surface area contributed by atoms with Crippen LogP contribution in [0.4, 0.5) is 0 Å². The molecule has 0 atom stereocenters. The molecule has 0 aliphatic carbocycles. The van der Waals surface area contributed by atoms with Gasteiger partial charge in [0.1, 0.15) is 0 Å². The Morgan fingerprint density at radius 3 is 2.20 bits per heavy atom. The van der Waals surface area contributed by atoms with E-state index in [2.05, 4.69) is 10.2 Å². The van der Waals surface area contributed by atoms with Gasteiger partial charge in [-0.05, 0) is 51.9 Å². The van der Waals surface area contributed by atoms with Crippen LogP contribution in [0.3, 0.4) is 0 Å². The molecule has 15 heavy (non-hydrogen) atoms. The lowest BCUT2D eigenvalue weighted by atomic mass is 9.92. The van der Waals surface area contributed by atoms with E-state index in [1.807, 2.05) is 0 Å². The number of hydrogen-bond donors (Lipinski definition) is 2. The number of β-amino-alcohol motifs (C(OH)–C–C–N with tert-alkyl or cyclic N) is 1. The first-order chi connectivity index (χ1) is 7.29. The fourth-order valence-corrected chi connectivity index (χ4v) is 2.76. The molecule has 0 aromatic rings. The van der Waals surface area contributed by atoms with Gasteiger partial charge in [0, 0.05) is 6.54 Å². The summed E-state index contributed by atoms with van der Waals surface area (Å²) in [5, 5.41) is 13.7. The van der Waals surface area contributed by atoms with Crippen molar-refractivity contribution in [1.82, 2.24) is 10.2 Å². The Morgan fingerprint density at radius 1 is 1.00 bits per heavy atom. The number of nitrogens with zero attached hydrogens (tertiary/aromatic N) is 1. The summed E-state index contributed by atoms with van der Waals surface area (Å²) >= 11 is 0. The van der Waals surface area contributed by atoms with Crippen molar-refractivity contribution >= 4 is 0 Å². The highest BCUT2D eigenvalue weighted by atomic mass is 16.3. The molecule has 2 aliphatic heterocycles. The molecule has 0 radical (unpaired) electrons. The van der Waals surface area contributed by atoms with E-state index in [0.717, 1.165) is 32.5 Å². The summed E-state index contributed by atoms with van der Waals surface area (Å²) in [6.45, 7) is 5.23. The zero-order valence-electron chi connectivity index (χ0n) is 9.67. The van der Waals surface area contributed by atoms with Crippen LogP contribution in [0.1, 0.15) is 38.5 Å². The van der Waals surface area contributed by atoms with Gasteiger partial charge in [0.2, 0.25) is 0 Å². The summed E-state index contributed by atoms with van der Waals surface area (Å²) in [6, 6.07) is 0. The van der Waals surface area contributed by atoms with Crippen LogP contribution in [-0.2, 0) is 0 Å². The summed E-state index contributed by atoms with van der Waals surface area (Å²) in [5.74, 6) is 0. The van der Waals surface area contributed by atoms with E-state index in [9.17, 15) is 5.11 Å². The molecule has 2 rings (SSSR count). The van der Waals surface area contributed by atoms with Crippen molar-refractivity contribution in [3.63, 3.8) is 0 Å². The van der Waals surface area contributed by atoms with Gasteiger partial charge in [-0.2, -0.15) is 0 Å². The highest BCUT2D eigenvalue weighted by molar-refractivity contribution is 4.87. The van der Waals surface area contributed by atoms with Crippen LogP contribution in [-0.4, -0.2) is 48.3 Å². The Hall–Kier alpha value is -0.120. The van der Waals surface area contributed by atoms with E-state index < -0.39 is 5.60 Å². The average Bonchev–Trinajstić information content (AvgIpc) is 2.47. The van der Waals surface area contributed by atoms with Crippen LogP contribution in [0.15, 0.2) is 0 Å². The molecule has 2 fully saturated rings. The van der Waals surface area contributed by atoms with Gasteiger partial charge in [-0.1, -0.05) is 12.8 Å². The van der Waals surface area contributed by atoms with Crippen molar-refractivity contribution < 1.29 is 5.11 Å². The van der Waals surface area contributed by atoms with Crippen molar-refractivity contribution in [3.8, 4) is 0 Å². The van der Waals surface area contributed by atoms with E-state index in [1.165, 1.54) is 38.8 Å². The molecule has 2 heterocycles. The van der Waals surface area contributed by atoms with Gasteiger partial charge in [-0.25, -0.2) is 0 Å². The van der Waals surface area contributed by atoms with Crippen molar-refractivity contribution in [1.29, 1.82) is 0 Å². The molecule has 3 heteroatoms. The van der Waals surface area contributed by atoms with E-state index >= 15 is 0 Å². The second kappa shape index (κ2) is 5.28. The second-order valence-corrected chi connectivity index (χ2v) is 5.16. The van der Waals surface area contributed by atoms with Crippen molar-refractivity contribution in [2.75, 3.05) is 32.7 Å². The molecule has 0 unspecified atom stereocenters. The largest absolute Gasteiger partial charge is 0.388 e. The number of hydrogen-bond acceptors (Lipinski definition) is 3. The Balaban J connectivity index is 1.82. The number of likely N-dealkylation sites (tertiary alicyclic amines) is 1. The van der Waals surface area contributed by atoms with Crippen LogP contribution >= 0.6 is 0 Å². The lowest BCUT2D eigenvalue weighted by Gasteiger charge is -2.37. The average molecular weight is 212 g/mol. The number of aliphatic hydroxyl groups is 1. The third-order valence-electron chi connectivity index (χ3n) is 3.75. The van der Waals surface area contributed by atoms with Gasteiger partial charge in [0.25, 0.3) is 0 Å². The topological polar surface area (TPSA) is 35.5 Å². The maximum absolute atomic E-state index is 10.4. The van der Waals surface area contributed by atoms with E-state index in [0.29, 0.717) is 0 Å². The highest BCUT2D eigenvalue weighted by Crippen LogP contribution is 2.21. The quantitative estimate of drug-likeness (QED) is 0.716. The Bertz CT molecular complexity index is 182. The molecule has 0 bridgehead atoms. The molecule has 0 saturated carbocycles. The predicted octanol–water partition coefficient (Wildman–Crippen LogP) is 0.977. The zero-order chi connectivity index (χ0) is 10.6. The van der Waals surface area contributed by atoms with Gasteiger partial charge in [-0.15, -0.1) is 0 Å². The Morgan fingerprint density at radius 2 is 1.60 bits per heavy atom. The molecule has 2 N–H and O–H groups in total. The van der Waals surface area contributed by atoms with Crippen LogP contribution in [0.25, 0.3) is 0 Å².